The van der Waals surface area contributed by atoms with Gasteiger partial charge in [-0.05, 0) is 113 Å². The van der Waals surface area contributed by atoms with Crippen molar-refractivity contribution in [1.82, 2.24) is 44.0 Å². The number of anilines is 2. The lowest BCUT2D eigenvalue weighted by atomic mass is 9.86. The summed E-state index contributed by atoms with van der Waals surface area (Å²) in [6, 6.07) is 8.62. The molecule has 3 amide bonds. The van der Waals surface area contributed by atoms with Gasteiger partial charge in [-0.2, -0.15) is 5.10 Å². The fraction of sp³-hybridized carbons (Fsp3) is 0.553. The van der Waals surface area contributed by atoms with Gasteiger partial charge in [0.15, 0.2) is 11.4 Å². The van der Waals surface area contributed by atoms with E-state index >= 15 is 0 Å². The number of piperidine rings is 1. The van der Waals surface area contributed by atoms with E-state index in [1.807, 2.05) is 18.2 Å². The third-order valence-corrected chi connectivity index (χ3v) is 13.7. The number of hydrogen-bond donors (Lipinski definition) is 3. The van der Waals surface area contributed by atoms with Crippen LogP contribution in [0.4, 0.5) is 20.3 Å². The average Bonchev–Trinajstić information content (AvgIpc) is 3.71. The fourth-order valence-electron chi connectivity index (χ4n) is 9.87. The molecule has 2 aliphatic carbocycles. The van der Waals surface area contributed by atoms with E-state index in [0.29, 0.717) is 41.8 Å². The second kappa shape index (κ2) is 20.0. The summed E-state index contributed by atoms with van der Waals surface area (Å²) in [6.07, 6.45) is 10.6. The molecule has 2 atom stereocenters. The van der Waals surface area contributed by atoms with Gasteiger partial charge in [-0.3, -0.25) is 38.4 Å². The molecule has 3 N–H and O–H groups in total. The number of fused-ring (bicyclic) bond motifs is 1. The summed E-state index contributed by atoms with van der Waals surface area (Å²) in [5, 5.41) is 12.5. The molecule has 2 aliphatic heterocycles. The summed E-state index contributed by atoms with van der Waals surface area (Å²) < 4.78 is 45.0. The van der Waals surface area contributed by atoms with Crippen LogP contribution in [0.2, 0.25) is 0 Å². The number of ether oxygens (including phenoxy) is 1. The lowest BCUT2D eigenvalue weighted by Gasteiger charge is -2.35. The molecule has 19 heteroatoms. The number of amides is 3. The highest BCUT2D eigenvalue weighted by Gasteiger charge is 2.32. The maximum absolute atomic E-state index is 14.2. The van der Waals surface area contributed by atoms with Gasteiger partial charge in [0.05, 0.1) is 35.5 Å². The SMILES string of the molecule is CN(CC[C@@H]1CN(CCCc2cccc3c2n(C)c(=O)n3C2CCC(=O)NC2=O)CCO1)CC1CCC(n2cc(NC(=O)c3coc(-c4ccnc(NCC5CC5)c4)n3)c(C(F)F)n2)CC1. The quantitative estimate of drug-likeness (QED) is 0.0878. The van der Waals surface area contributed by atoms with Gasteiger partial charge in [0, 0.05) is 64.1 Å². The number of pyridine rings is 1. The van der Waals surface area contributed by atoms with Crippen LogP contribution in [-0.2, 0) is 27.8 Å². The molecule has 0 spiro atoms. The highest BCUT2D eigenvalue weighted by Crippen LogP contribution is 2.36. The highest BCUT2D eigenvalue weighted by atomic mass is 19.3. The number of nitrogens with zero attached hydrogens (tertiary/aromatic N) is 8. The number of rotatable bonds is 18. The molecule has 4 fully saturated rings. The number of halogens is 2. The van der Waals surface area contributed by atoms with Crippen molar-refractivity contribution >= 4 is 40.3 Å². The number of hydrogen-bond acceptors (Lipinski definition) is 12. The van der Waals surface area contributed by atoms with Crippen LogP contribution in [0.1, 0.15) is 104 Å². The van der Waals surface area contributed by atoms with Crippen LogP contribution in [0, 0.1) is 11.8 Å². The smallest absolute Gasteiger partial charge is 0.329 e. The molecule has 0 radical (unpaired) electrons. The maximum atomic E-state index is 14.2. The zero-order valence-corrected chi connectivity index (χ0v) is 37.6. The minimum atomic E-state index is -2.87. The first kappa shape index (κ1) is 45.4. The third kappa shape index (κ3) is 10.4. The summed E-state index contributed by atoms with van der Waals surface area (Å²) in [4.78, 5) is 64.5. The molecule has 0 bridgehead atoms. The maximum Gasteiger partial charge on any atom is 0.329 e. The molecule has 1 unspecified atom stereocenters. The fourth-order valence-corrected chi connectivity index (χ4v) is 9.87. The van der Waals surface area contributed by atoms with E-state index in [1.165, 1.54) is 29.9 Å². The van der Waals surface area contributed by atoms with Crippen molar-refractivity contribution in [3.8, 4) is 11.5 Å². The predicted molar refractivity (Wildman–Crippen MR) is 242 cm³/mol. The Hall–Kier alpha value is -5.79. The monoisotopic (exact) mass is 911 g/mol. The Kier molecular flexibility index (Phi) is 13.7. The third-order valence-electron chi connectivity index (χ3n) is 13.7. The lowest BCUT2D eigenvalue weighted by molar-refractivity contribution is -0.135. The molecule has 66 heavy (non-hydrogen) atoms. The lowest BCUT2D eigenvalue weighted by Crippen LogP contribution is -2.44. The van der Waals surface area contributed by atoms with Crippen LogP contribution in [-0.4, -0.2) is 115 Å². The Bertz CT molecular complexity index is 2590. The molecule has 6 heterocycles. The van der Waals surface area contributed by atoms with Gasteiger partial charge in [0.2, 0.25) is 17.7 Å². The number of carbonyl (C=O) groups is 3. The van der Waals surface area contributed by atoms with Crippen LogP contribution >= 0.6 is 0 Å². The molecule has 2 saturated heterocycles. The summed E-state index contributed by atoms with van der Waals surface area (Å²) in [6.45, 7) is 5.96. The Morgan fingerprint density at radius 2 is 1.88 bits per heavy atom. The van der Waals surface area contributed by atoms with Crippen LogP contribution in [0.25, 0.3) is 22.5 Å². The van der Waals surface area contributed by atoms with E-state index in [2.05, 4.69) is 47.9 Å². The van der Waals surface area contributed by atoms with Crippen molar-refractivity contribution in [2.75, 3.05) is 63.6 Å². The Morgan fingerprint density at radius 3 is 2.67 bits per heavy atom. The topological polar surface area (TPSA) is 187 Å². The zero-order chi connectivity index (χ0) is 45.9. The first-order valence-electron chi connectivity index (χ1n) is 23.4. The summed E-state index contributed by atoms with van der Waals surface area (Å²) in [5.41, 5.74) is 2.44. The number of imide groups is 1. The van der Waals surface area contributed by atoms with Crippen molar-refractivity contribution < 1.29 is 32.3 Å². The number of imidazole rings is 1. The number of aromatic nitrogens is 6. The second-order valence-electron chi connectivity index (χ2n) is 18.5. The second-order valence-corrected chi connectivity index (χ2v) is 18.5. The van der Waals surface area contributed by atoms with Gasteiger partial charge >= 0.3 is 5.69 Å². The number of oxazole rings is 1. The van der Waals surface area contributed by atoms with Gasteiger partial charge in [0.1, 0.15) is 18.1 Å². The standard InChI is InChI=1S/C47H59F2N11O6/c1-56(20-17-34-26-58(21-22-65-34)19-4-6-31-5-3-7-37-42(31)57(2)47(64)60(37)38-14-15-40(61)54-45(38)63)25-30-10-12-33(13-11-30)59-27-35(41(55-59)43(48)49)52-44(62)36-28-66-46(53-36)32-16-18-50-39(23-32)51-24-29-8-9-29/h3,5,7,16,18,23,27-30,33-34,38,43H,4,6,8-15,17,19-22,24-26H2,1-2H3,(H,50,51)(H,52,62)(H,54,61,63)/t30?,33?,34-,38?/m1/s1. The molecule has 4 aromatic heterocycles. The van der Waals surface area contributed by atoms with E-state index in [9.17, 15) is 28.0 Å². The predicted octanol–water partition coefficient (Wildman–Crippen LogP) is 5.96. The molecule has 2 saturated carbocycles. The van der Waals surface area contributed by atoms with Crippen molar-refractivity contribution in [2.45, 2.75) is 95.2 Å². The molecular weight excluding hydrogens is 853 g/mol. The van der Waals surface area contributed by atoms with Crippen molar-refractivity contribution in [2.24, 2.45) is 18.9 Å². The molecule has 352 valence electrons. The number of nitrogens with one attached hydrogen (secondary N) is 3. The van der Waals surface area contributed by atoms with Gasteiger partial charge in [-0.25, -0.2) is 23.5 Å². The van der Waals surface area contributed by atoms with E-state index in [0.717, 1.165) is 95.3 Å². The van der Waals surface area contributed by atoms with Crippen molar-refractivity contribution in [3.05, 3.63) is 76.4 Å². The van der Waals surface area contributed by atoms with E-state index in [1.54, 1.807) is 34.6 Å². The van der Waals surface area contributed by atoms with E-state index in [4.69, 9.17) is 9.15 Å². The normalized spacial score (nSPS) is 21.8. The molecule has 17 nitrogen and oxygen atoms in total. The number of alkyl halides is 2. The van der Waals surface area contributed by atoms with Crippen molar-refractivity contribution in [3.63, 3.8) is 0 Å². The van der Waals surface area contributed by atoms with E-state index in [-0.39, 0.29) is 47.4 Å². The van der Waals surface area contributed by atoms with Crippen LogP contribution in [0.15, 0.2) is 58.2 Å². The van der Waals surface area contributed by atoms with E-state index < -0.39 is 30.0 Å². The minimum Gasteiger partial charge on any atom is -0.444 e. The number of aryl methyl sites for hydroxylation is 2. The number of carbonyl (C=O) groups excluding carboxylic acids is 3. The highest BCUT2D eigenvalue weighted by molar-refractivity contribution is 6.03. The van der Waals surface area contributed by atoms with Gasteiger partial charge < -0.3 is 24.7 Å². The zero-order valence-electron chi connectivity index (χ0n) is 37.6. The van der Waals surface area contributed by atoms with Crippen LogP contribution < -0.4 is 21.6 Å². The average molecular weight is 912 g/mol. The molecule has 5 aromatic rings. The number of benzene rings is 1. The molecule has 9 rings (SSSR count). The summed E-state index contributed by atoms with van der Waals surface area (Å²) in [5.74, 6) is 0.651. The molecule has 1 aromatic carbocycles. The minimum absolute atomic E-state index is 0.0292. The summed E-state index contributed by atoms with van der Waals surface area (Å²) >= 11 is 0. The first-order valence-corrected chi connectivity index (χ1v) is 23.4. The Balaban J connectivity index is 0.714. The Labute approximate surface area is 381 Å². The summed E-state index contributed by atoms with van der Waals surface area (Å²) in [7, 11) is 3.88. The van der Waals surface area contributed by atoms with Gasteiger partial charge in [0.25, 0.3) is 12.3 Å². The van der Waals surface area contributed by atoms with Gasteiger partial charge in [-0.15, -0.1) is 0 Å². The van der Waals surface area contributed by atoms with Gasteiger partial charge in [-0.1, -0.05) is 12.1 Å². The molecule has 4 aliphatic rings. The van der Waals surface area contributed by atoms with Crippen molar-refractivity contribution in [1.29, 1.82) is 0 Å². The van der Waals surface area contributed by atoms with Crippen LogP contribution in [0.5, 0.6) is 0 Å². The molecular formula is C47H59F2N11O6. The number of morpholine rings is 1. The first-order chi connectivity index (χ1) is 32.0. The number of para-hydroxylation sites is 1. The Morgan fingerprint density at radius 1 is 1.06 bits per heavy atom. The largest absolute Gasteiger partial charge is 0.444 e. The van der Waals surface area contributed by atoms with Crippen LogP contribution in [0.3, 0.4) is 0 Å².